The SMILES string of the molecule is CCc1c(C(=O)NNC(=O)c2ccc3c(c2)OCO3)cnn1-c1ccccn1. The van der Waals surface area contributed by atoms with Gasteiger partial charge < -0.3 is 9.47 Å². The molecule has 0 aliphatic carbocycles. The van der Waals surface area contributed by atoms with Crippen LogP contribution in [0.5, 0.6) is 11.5 Å². The number of hydrazine groups is 1. The summed E-state index contributed by atoms with van der Waals surface area (Å²) in [6.45, 7) is 2.04. The van der Waals surface area contributed by atoms with E-state index in [2.05, 4.69) is 20.9 Å². The Bertz CT molecular complexity index is 1030. The fraction of sp³-hybridized carbons (Fsp3) is 0.158. The third-order valence-corrected chi connectivity index (χ3v) is 4.24. The van der Waals surface area contributed by atoms with Crippen LogP contribution < -0.4 is 20.3 Å². The molecule has 2 amide bonds. The molecule has 1 aromatic carbocycles. The molecule has 0 radical (unpaired) electrons. The summed E-state index contributed by atoms with van der Waals surface area (Å²) < 4.78 is 12.1. The van der Waals surface area contributed by atoms with Crippen LogP contribution in [0.3, 0.4) is 0 Å². The monoisotopic (exact) mass is 379 g/mol. The molecule has 1 aliphatic heterocycles. The van der Waals surface area contributed by atoms with Gasteiger partial charge in [0.15, 0.2) is 17.3 Å². The summed E-state index contributed by atoms with van der Waals surface area (Å²) in [4.78, 5) is 29.1. The van der Waals surface area contributed by atoms with E-state index in [1.54, 1.807) is 41.2 Å². The molecule has 0 atom stereocenters. The van der Waals surface area contributed by atoms with Crippen LogP contribution in [-0.2, 0) is 6.42 Å². The number of carbonyl (C=O) groups is 2. The standard InChI is InChI=1S/C19H17N5O4/c1-2-14-13(10-21-24(14)17-5-3-4-8-20-17)19(26)23-22-18(25)12-6-7-15-16(9-12)28-11-27-15/h3-10H,2,11H2,1H3,(H,22,25)(H,23,26). The van der Waals surface area contributed by atoms with E-state index < -0.39 is 11.8 Å². The average molecular weight is 379 g/mol. The molecule has 1 aliphatic rings. The maximum atomic E-state index is 12.5. The fourth-order valence-corrected chi connectivity index (χ4v) is 2.87. The van der Waals surface area contributed by atoms with E-state index in [1.807, 2.05) is 13.0 Å². The summed E-state index contributed by atoms with van der Waals surface area (Å²) in [6, 6.07) is 10.2. The molecule has 4 rings (SSSR count). The van der Waals surface area contributed by atoms with Crippen LogP contribution in [0.1, 0.15) is 33.3 Å². The number of pyridine rings is 1. The maximum Gasteiger partial charge on any atom is 0.273 e. The van der Waals surface area contributed by atoms with Crippen molar-refractivity contribution in [1.29, 1.82) is 0 Å². The van der Waals surface area contributed by atoms with E-state index in [1.165, 1.54) is 6.20 Å². The summed E-state index contributed by atoms with van der Waals surface area (Å²) in [5.74, 6) is 0.747. The van der Waals surface area contributed by atoms with Crippen LogP contribution in [0.2, 0.25) is 0 Å². The molecule has 28 heavy (non-hydrogen) atoms. The van der Waals surface area contributed by atoms with Crippen molar-refractivity contribution >= 4 is 11.8 Å². The molecule has 0 saturated carbocycles. The molecular formula is C19H17N5O4. The molecule has 0 bridgehead atoms. The smallest absolute Gasteiger partial charge is 0.273 e. The Kier molecular flexibility index (Phi) is 4.63. The van der Waals surface area contributed by atoms with Gasteiger partial charge >= 0.3 is 0 Å². The Morgan fingerprint density at radius 2 is 1.93 bits per heavy atom. The number of hydrogen-bond acceptors (Lipinski definition) is 6. The summed E-state index contributed by atoms with van der Waals surface area (Å²) in [5, 5.41) is 4.25. The summed E-state index contributed by atoms with van der Waals surface area (Å²) in [5.41, 5.74) is 6.21. The molecule has 0 fully saturated rings. The molecule has 3 heterocycles. The van der Waals surface area contributed by atoms with Gasteiger partial charge in [0.05, 0.1) is 17.5 Å². The van der Waals surface area contributed by atoms with Crippen molar-refractivity contribution in [2.45, 2.75) is 13.3 Å². The zero-order valence-corrected chi connectivity index (χ0v) is 15.0. The van der Waals surface area contributed by atoms with Crippen molar-refractivity contribution < 1.29 is 19.1 Å². The highest BCUT2D eigenvalue weighted by molar-refractivity contribution is 5.99. The van der Waals surface area contributed by atoms with E-state index in [9.17, 15) is 9.59 Å². The van der Waals surface area contributed by atoms with Gasteiger partial charge in [-0.2, -0.15) is 5.10 Å². The largest absolute Gasteiger partial charge is 0.454 e. The highest BCUT2D eigenvalue weighted by Gasteiger charge is 2.20. The zero-order valence-electron chi connectivity index (χ0n) is 15.0. The predicted octanol–water partition coefficient (Wildman–Crippen LogP) is 1.63. The van der Waals surface area contributed by atoms with Crippen molar-refractivity contribution in [1.82, 2.24) is 25.6 Å². The first kappa shape index (κ1) is 17.5. The number of hydrogen-bond donors (Lipinski definition) is 2. The number of carbonyl (C=O) groups excluding carboxylic acids is 2. The number of fused-ring (bicyclic) bond motifs is 1. The van der Waals surface area contributed by atoms with Crippen molar-refractivity contribution in [3.05, 3.63) is 65.6 Å². The van der Waals surface area contributed by atoms with Gasteiger partial charge in [0.1, 0.15) is 0 Å². The Labute approximate surface area is 160 Å². The molecule has 0 saturated heterocycles. The Hall–Kier alpha value is -3.88. The quantitative estimate of drug-likeness (QED) is 0.667. The van der Waals surface area contributed by atoms with Crippen LogP contribution in [0.4, 0.5) is 0 Å². The minimum atomic E-state index is -0.471. The second kappa shape index (κ2) is 7.39. The first-order valence-electron chi connectivity index (χ1n) is 8.66. The Balaban J connectivity index is 1.47. The van der Waals surface area contributed by atoms with Crippen LogP contribution in [0.15, 0.2) is 48.8 Å². The van der Waals surface area contributed by atoms with Crippen molar-refractivity contribution in [2.24, 2.45) is 0 Å². The van der Waals surface area contributed by atoms with E-state index in [0.717, 1.165) is 0 Å². The third-order valence-electron chi connectivity index (χ3n) is 4.24. The number of nitrogens with one attached hydrogen (secondary N) is 2. The number of benzene rings is 1. The first-order chi connectivity index (χ1) is 13.7. The van der Waals surface area contributed by atoms with Crippen LogP contribution in [-0.4, -0.2) is 33.4 Å². The van der Waals surface area contributed by atoms with Gasteiger partial charge in [0.2, 0.25) is 6.79 Å². The van der Waals surface area contributed by atoms with Gasteiger partial charge in [0, 0.05) is 11.8 Å². The topological polar surface area (TPSA) is 107 Å². The van der Waals surface area contributed by atoms with Crippen molar-refractivity contribution in [2.75, 3.05) is 6.79 Å². The van der Waals surface area contributed by atoms with Crippen molar-refractivity contribution in [3.8, 4) is 17.3 Å². The van der Waals surface area contributed by atoms with Crippen LogP contribution >= 0.6 is 0 Å². The van der Waals surface area contributed by atoms with Crippen LogP contribution in [0, 0.1) is 0 Å². The lowest BCUT2D eigenvalue weighted by molar-refractivity contribution is 0.0846. The first-order valence-corrected chi connectivity index (χ1v) is 8.66. The molecule has 2 aromatic heterocycles. The second-order valence-electron chi connectivity index (χ2n) is 5.93. The molecule has 0 unspecified atom stereocenters. The Morgan fingerprint density at radius 1 is 1.11 bits per heavy atom. The number of ether oxygens (including phenoxy) is 2. The number of nitrogens with zero attached hydrogens (tertiary/aromatic N) is 3. The maximum absolute atomic E-state index is 12.5. The third kappa shape index (κ3) is 3.25. The minimum absolute atomic E-state index is 0.122. The van der Waals surface area contributed by atoms with Gasteiger partial charge in [-0.1, -0.05) is 13.0 Å². The lowest BCUT2D eigenvalue weighted by Gasteiger charge is -2.09. The molecule has 2 N–H and O–H groups in total. The zero-order chi connectivity index (χ0) is 19.5. The lowest BCUT2D eigenvalue weighted by Crippen LogP contribution is -2.41. The number of amides is 2. The second-order valence-corrected chi connectivity index (χ2v) is 5.93. The molecule has 9 heteroatoms. The van der Waals surface area contributed by atoms with E-state index in [4.69, 9.17) is 9.47 Å². The molecule has 142 valence electrons. The average Bonchev–Trinajstić information content (AvgIpc) is 3.38. The van der Waals surface area contributed by atoms with Crippen molar-refractivity contribution in [3.63, 3.8) is 0 Å². The van der Waals surface area contributed by atoms with Gasteiger partial charge in [0.25, 0.3) is 11.8 Å². The van der Waals surface area contributed by atoms with Gasteiger partial charge in [-0.05, 0) is 36.8 Å². The van der Waals surface area contributed by atoms with E-state index in [0.29, 0.717) is 40.6 Å². The fourth-order valence-electron chi connectivity index (χ4n) is 2.87. The summed E-state index contributed by atoms with van der Waals surface area (Å²) in [7, 11) is 0. The van der Waals surface area contributed by atoms with E-state index >= 15 is 0 Å². The summed E-state index contributed by atoms with van der Waals surface area (Å²) >= 11 is 0. The van der Waals surface area contributed by atoms with Gasteiger partial charge in [-0.15, -0.1) is 0 Å². The van der Waals surface area contributed by atoms with E-state index in [-0.39, 0.29) is 6.79 Å². The highest BCUT2D eigenvalue weighted by atomic mass is 16.7. The highest BCUT2D eigenvalue weighted by Crippen LogP contribution is 2.32. The van der Waals surface area contributed by atoms with Gasteiger partial charge in [-0.3, -0.25) is 20.4 Å². The molecule has 3 aromatic rings. The lowest BCUT2D eigenvalue weighted by atomic mass is 10.2. The number of aromatic nitrogens is 3. The molecular weight excluding hydrogens is 362 g/mol. The predicted molar refractivity (Wildman–Crippen MR) is 98.2 cm³/mol. The Morgan fingerprint density at radius 3 is 2.71 bits per heavy atom. The van der Waals surface area contributed by atoms with Crippen LogP contribution in [0.25, 0.3) is 5.82 Å². The summed E-state index contributed by atoms with van der Waals surface area (Å²) in [6.07, 6.45) is 3.67. The minimum Gasteiger partial charge on any atom is -0.454 e. The number of rotatable bonds is 4. The normalized spacial score (nSPS) is 11.9. The molecule has 9 nitrogen and oxygen atoms in total. The van der Waals surface area contributed by atoms with Gasteiger partial charge in [-0.25, -0.2) is 9.67 Å². The molecule has 0 spiro atoms.